The van der Waals surface area contributed by atoms with E-state index in [-0.39, 0.29) is 5.60 Å². The Balaban J connectivity index is 1.33. The lowest BCUT2D eigenvalue weighted by atomic mass is 9.83. The average Bonchev–Trinajstić information content (AvgIpc) is 3.14. The van der Waals surface area contributed by atoms with E-state index >= 15 is 0 Å². The van der Waals surface area contributed by atoms with Gasteiger partial charge in [0.2, 0.25) is 0 Å². The number of rotatable bonds is 2. The molecule has 1 saturated carbocycles. The van der Waals surface area contributed by atoms with Crippen molar-refractivity contribution in [3.8, 4) is 16.9 Å². The van der Waals surface area contributed by atoms with E-state index in [1.54, 1.807) is 0 Å². The minimum atomic E-state index is 0.0688. The number of nitrogens with one attached hydrogen (secondary N) is 1. The van der Waals surface area contributed by atoms with Crippen molar-refractivity contribution in [3.05, 3.63) is 42.2 Å². The molecule has 3 heteroatoms. The molecule has 5 rings (SSSR count). The Morgan fingerprint density at radius 3 is 2.65 bits per heavy atom. The molecule has 3 heterocycles. The maximum absolute atomic E-state index is 6.45. The number of H-pyrrole nitrogens is 1. The van der Waals surface area contributed by atoms with Gasteiger partial charge in [0.1, 0.15) is 11.4 Å². The van der Waals surface area contributed by atoms with Gasteiger partial charge in [-0.2, -0.15) is 0 Å². The lowest BCUT2D eigenvalue weighted by Gasteiger charge is -2.45. The minimum absolute atomic E-state index is 0.0688. The summed E-state index contributed by atoms with van der Waals surface area (Å²) < 4.78 is 6.45. The van der Waals surface area contributed by atoms with Gasteiger partial charge in [-0.3, -0.25) is 0 Å². The van der Waals surface area contributed by atoms with Crippen LogP contribution in [0.3, 0.4) is 0 Å². The van der Waals surface area contributed by atoms with Crippen LogP contribution in [0.25, 0.3) is 11.1 Å². The lowest BCUT2D eigenvalue weighted by Crippen LogP contribution is -2.52. The van der Waals surface area contributed by atoms with Crippen LogP contribution in [-0.4, -0.2) is 34.6 Å². The maximum Gasteiger partial charge on any atom is 0.123 e. The molecule has 2 fully saturated rings. The van der Waals surface area contributed by atoms with Crippen LogP contribution >= 0.6 is 0 Å². The van der Waals surface area contributed by atoms with E-state index in [1.165, 1.54) is 61.9 Å². The molecule has 3 nitrogen and oxygen atoms in total. The second kappa shape index (κ2) is 5.13. The van der Waals surface area contributed by atoms with Gasteiger partial charge in [0.25, 0.3) is 0 Å². The number of aromatic amines is 1. The van der Waals surface area contributed by atoms with Gasteiger partial charge < -0.3 is 14.6 Å². The highest BCUT2D eigenvalue weighted by Crippen LogP contribution is 2.43. The smallest absolute Gasteiger partial charge is 0.123 e. The Hall–Kier alpha value is -1.74. The molecule has 1 aromatic heterocycles. The maximum atomic E-state index is 6.45. The van der Waals surface area contributed by atoms with Crippen molar-refractivity contribution in [2.45, 2.75) is 50.2 Å². The molecule has 2 aliphatic heterocycles. The van der Waals surface area contributed by atoms with Crippen molar-refractivity contribution in [1.82, 2.24) is 9.88 Å². The molecule has 0 bridgehead atoms. The first-order chi connectivity index (χ1) is 11.3. The summed E-state index contributed by atoms with van der Waals surface area (Å²) in [6.07, 6.45) is 11.7. The van der Waals surface area contributed by atoms with Crippen LogP contribution in [0, 0.1) is 0 Å². The summed E-state index contributed by atoms with van der Waals surface area (Å²) in [6, 6.07) is 9.68. The molecule has 2 aromatic rings. The molecule has 0 radical (unpaired) electrons. The standard InChI is InChI=1S/C20H24N2O/c1-2-18(3-1)22-10-7-20(8-11-22)13-17-12-15(4-5-19(17)23-20)16-6-9-21-14-16/h4-6,9,12,14,18,21H,1-3,7-8,10-11,13H2. The highest BCUT2D eigenvalue weighted by Gasteiger charge is 2.43. The number of hydrogen-bond donors (Lipinski definition) is 1. The Bertz CT molecular complexity index is 694. The van der Waals surface area contributed by atoms with Gasteiger partial charge in [-0.15, -0.1) is 0 Å². The third-order valence-corrected chi connectivity index (χ3v) is 6.13. The quantitative estimate of drug-likeness (QED) is 0.908. The van der Waals surface area contributed by atoms with E-state index < -0.39 is 0 Å². The monoisotopic (exact) mass is 308 g/mol. The summed E-state index contributed by atoms with van der Waals surface area (Å²) in [6.45, 7) is 2.42. The average molecular weight is 308 g/mol. The lowest BCUT2D eigenvalue weighted by molar-refractivity contribution is -0.00746. The van der Waals surface area contributed by atoms with Crippen LogP contribution < -0.4 is 4.74 Å². The molecule has 1 aliphatic carbocycles. The van der Waals surface area contributed by atoms with Crippen LogP contribution in [0.4, 0.5) is 0 Å². The third kappa shape index (κ3) is 2.29. The fourth-order valence-corrected chi connectivity index (χ4v) is 4.44. The van der Waals surface area contributed by atoms with Gasteiger partial charge in [-0.05, 0) is 47.7 Å². The van der Waals surface area contributed by atoms with E-state index in [1.807, 2.05) is 6.20 Å². The molecule has 0 amide bonds. The molecule has 0 atom stereocenters. The van der Waals surface area contributed by atoms with Crippen LogP contribution in [0.2, 0.25) is 0 Å². The van der Waals surface area contributed by atoms with E-state index in [9.17, 15) is 0 Å². The largest absolute Gasteiger partial charge is 0.487 e. The summed E-state index contributed by atoms with van der Waals surface area (Å²) in [5, 5.41) is 0. The summed E-state index contributed by atoms with van der Waals surface area (Å²) in [7, 11) is 0. The Kier molecular flexibility index (Phi) is 3.05. The van der Waals surface area contributed by atoms with Crippen LogP contribution in [0.15, 0.2) is 36.7 Å². The van der Waals surface area contributed by atoms with E-state index in [0.717, 1.165) is 18.2 Å². The predicted octanol–water partition coefficient (Wildman–Crippen LogP) is 4.00. The van der Waals surface area contributed by atoms with E-state index in [2.05, 4.69) is 40.3 Å². The number of ether oxygens (including phenoxy) is 1. The number of likely N-dealkylation sites (tertiary alicyclic amines) is 1. The Labute approximate surface area is 137 Å². The molecule has 23 heavy (non-hydrogen) atoms. The van der Waals surface area contributed by atoms with Crippen molar-refractivity contribution >= 4 is 0 Å². The molecule has 1 N–H and O–H groups in total. The topological polar surface area (TPSA) is 28.3 Å². The molecule has 3 aliphatic rings. The summed E-state index contributed by atoms with van der Waals surface area (Å²) in [5.41, 5.74) is 4.01. The molecule has 120 valence electrons. The fraction of sp³-hybridized carbons (Fsp3) is 0.500. The molecular weight excluding hydrogens is 284 g/mol. The highest BCUT2D eigenvalue weighted by molar-refractivity contribution is 5.65. The Morgan fingerprint density at radius 2 is 1.96 bits per heavy atom. The fourth-order valence-electron chi connectivity index (χ4n) is 4.44. The third-order valence-electron chi connectivity index (χ3n) is 6.13. The number of fused-ring (bicyclic) bond motifs is 1. The summed E-state index contributed by atoms with van der Waals surface area (Å²) in [5.74, 6) is 1.11. The van der Waals surface area contributed by atoms with Crippen molar-refractivity contribution < 1.29 is 4.74 Å². The van der Waals surface area contributed by atoms with E-state index in [4.69, 9.17) is 4.74 Å². The van der Waals surface area contributed by atoms with Gasteiger partial charge >= 0.3 is 0 Å². The first-order valence-electron chi connectivity index (χ1n) is 9.01. The molecule has 1 spiro atoms. The zero-order chi connectivity index (χ0) is 15.3. The van der Waals surface area contributed by atoms with E-state index in [0.29, 0.717) is 0 Å². The van der Waals surface area contributed by atoms with Crippen LogP contribution in [-0.2, 0) is 6.42 Å². The van der Waals surface area contributed by atoms with Crippen LogP contribution in [0.1, 0.15) is 37.7 Å². The second-order valence-corrected chi connectivity index (χ2v) is 7.50. The van der Waals surface area contributed by atoms with Gasteiger partial charge in [0.05, 0.1) is 0 Å². The summed E-state index contributed by atoms with van der Waals surface area (Å²) >= 11 is 0. The highest BCUT2D eigenvalue weighted by atomic mass is 16.5. The van der Waals surface area contributed by atoms with Gasteiger partial charge in [-0.1, -0.05) is 12.5 Å². The number of nitrogens with zero attached hydrogens (tertiary/aromatic N) is 1. The zero-order valence-electron chi connectivity index (χ0n) is 13.6. The number of aromatic nitrogens is 1. The molecule has 0 unspecified atom stereocenters. The van der Waals surface area contributed by atoms with Crippen molar-refractivity contribution in [2.24, 2.45) is 0 Å². The molecular formula is C20H24N2O. The first kappa shape index (κ1) is 13.7. The predicted molar refractivity (Wildman–Crippen MR) is 91.7 cm³/mol. The Morgan fingerprint density at radius 1 is 1.09 bits per heavy atom. The van der Waals surface area contributed by atoms with Crippen molar-refractivity contribution in [1.29, 1.82) is 0 Å². The SMILES string of the molecule is c1cc(-c2ccc3c(c2)CC2(CCN(C4CCC4)CC2)O3)c[nH]1. The first-order valence-corrected chi connectivity index (χ1v) is 9.01. The van der Waals surface area contributed by atoms with Gasteiger partial charge in [0, 0.05) is 50.8 Å². The van der Waals surface area contributed by atoms with Gasteiger partial charge in [0.15, 0.2) is 0 Å². The number of benzene rings is 1. The normalized spacial score (nSPS) is 23.5. The number of piperidine rings is 1. The van der Waals surface area contributed by atoms with Gasteiger partial charge in [-0.25, -0.2) is 0 Å². The van der Waals surface area contributed by atoms with Crippen molar-refractivity contribution in [2.75, 3.05) is 13.1 Å². The second-order valence-electron chi connectivity index (χ2n) is 7.50. The van der Waals surface area contributed by atoms with Crippen molar-refractivity contribution in [3.63, 3.8) is 0 Å². The minimum Gasteiger partial charge on any atom is -0.487 e. The van der Waals surface area contributed by atoms with Crippen LogP contribution in [0.5, 0.6) is 5.75 Å². The zero-order valence-corrected chi connectivity index (χ0v) is 13.6. The molecule has 1 aromatic carbocycles. The number of hydrogen-bond acceptors (Lipinski definition) is 2. The summed E-state index contributed by atoms with van der Waals surface area (Å²) in [4.78, 5) is 5.84. The molecule has 1 saturated heterocycles.